The maximum absolute atomic E-state index is 13.5. The third kappa shape index (κ3) is 4.83. The predicted octanol–water partition coefficient (Wildman–Crippen LogP) is 3.95. The van der Waals surface area contributed by atoms with Crippen LogP contribution in [0.15, 0.2) is 18.2 Å². The minimum absolute atomic E-state index is 0.162. The Bertz CT molecular complexity index is 388. The zero-order valence-corrected chi connectivity index (χ0v) is 12.8. The fourth-order valence-electron chi connectivity index (χ4n) is 2.19. The van der Waals surface area contributed by atoms with Crippen LogP contribution in [0.2, 0.25) is 0 Å². The van der Waals surface area contributed by atoms with E-state index in [1.54, 1.807) is 12.1 Å². The van der Waals surface area contributed by atoms with E-state index in [-0.39, 0.29) is 5.82 Å². The molecule has 0 saturated heterocycles. The summed E-state index contributed by atoms with van der Waals surface area (Å²) in [5.74, 6) is -0.162. The Morgan fingerprint density at radius 3 is 2.42 bits per heavy atom. The molecule has 0 heterocycles. The van der Waals surface area contributed by atoms with Gasteiger partial charge in [-0.3, -0.25) is 0 Å². The molecule has 0 fully saturated rings. The molecule has 1 aromatic carbocycles. The molecule has 0 spiro atoms. The molecule has 0 radical (unpaired) electrons. The van der Waals surface area contributed by atoms with Crippen LogP contribution in [0.5, 0.6) is 0 Å². The minimum atomic E-state index is -0.162. The Kier molecular flexibility index (Phi) is 6.29. The van der Waals surface area contributed by atoms with Gasteiger partial charge in [-0.1, -0.05) is 20.8 Å². The molecule has 0 amide bonds. The zero-order valence-electron chi connectivity index (χ0n) is 12.8. The molecule has 0 atom stereocenters. The summed E-state index contributed by atoms with van der Waals surface area (Å²) in [6.07, 6.45) is 1.09. The number of anilines is 1. The molecule has 19 heavy (non-hydrogen) atoms. The van der Waals surface area contributed by atoms with Crippen molar-refractivity contribution in [3.8, 4) is 0 Å². The van der Waals surface area contributed by atoms with Gasteiger partial charge in [0, 0.05) is 30.9 Å². The largest absolute Gasteiger partial charge is 0.369 e. The highest BCUT2D eigenvalue weighted by atomic mass is 19.1. The second kappa shape index (κ2) is 7.49. The van der Waals surface area contributed by atoms with Gasteiger partial charge in [-0.15, -0.1) is 0 Å². The summed E-state index contributed by atoms with van der Waals surface area (Å²) in [7, 11) is 0. The zero-order chi connectivity index (χ0) is 14.4. The Balaban J connectivity index is 3.02. The highest BCUT2D eigenvalue weighted by Gasteiger charge is 2.14. The Hall–Kier alpha value is -1.09. The molecule has 0 aliphatic rings. The maximum Gasteiger partial charge on any atom is 0.123 e. The molecule has 108 valence electrons. The Labute approximate surface area is 117 Å². The molecule has 3 heteroatoms. The van der Waals surface area contributed by atoms with E-state index < -0.39 is 0 Å². The predicted molar refractivity (Wildman–Crippen MR) is 81.1 cm³/mol. The summed E-state index contributed by atoms with van der Waals surface area (Å²) in [6, 6.07) is 5.93. The number of benzene rings is 1. The molecule has 1 aromatic rings. The number of halogens is 1. The first-order valence-corrected chi connectivity index (χ1v) is 7.24. The molecule has 0 aromatic heterocycles. The van der Waals surface area contributed by atoms with Crippen molar-refractivity contribution in [2.75, 3.05) is 11.4 Å². The summed E-state index contributed by atoms with van der Waals surface area (Å²) in [4.78, 5) is 2.34. The van der Waals surface area contributed by atoms with Crippen LogP contribution < -0.4 is 10.2 Å². The van der Waals surface area contributed by atoms with E-state index in [9.17, 15) is 4.39 Å². The molecule has 1 rings (SSSR count). The van der Waals surface area contributed by atoms with Crippen LogP contribution in [0, 0.1) is 5.82 Å². The lowest BCUT2D eigenvalue weighted by molar-refractivity contribution is 0.577. The molecule has 1 N–H and O–H groups in total. The average Bonchev–Trinajstić information content (AvgIpc) is 2.34. The average molecular weight is 266 g/mol. The molecule has 2 nitrogen and oxygen atoms in total. The molecular formula is C16H27FN2. The molecule has 0 saturated carbocycles. The van der Waals surface area contributed by atoms with Gasteiger partial charge in [0.25, 0.3) is 0 Å². The second-order valence-electron chi connectivity index (χ2n) is 5.60. The van der Waals surface area contributed by atoms with Gasteiger partial charge in [0.05, 0.1) is 0 Å². The van der Waals surface area contributed by atoms with Crippen LogP contribution in [0.3, 0.4) is 0 Å². The van der Waals surface area contributed by atoms with E-state index in [0.29, 0.717) is 18.6 Å². The number of rotatable bonds is 7. The standard InChI is InChI=1S/C16H27FN2/c1-6-9-19(13(4)5)16-8-7-15(17)10-14(16)11-18-12(2)3/h7-8,10,12-13,18H,6,9,11H2,1-5H3. The van der Waals surface area contributed by atoms with E-state index in [1.807, 2.05) is 6.07 Å². The fraction of sp³-hybridized carbons (Fsp3) is 0.625. The van der Waals surface area contributed by atoms with Crippen molar-refractivity contribution in [1.82, 2.24) is 5.32 Å². The summed E-state index contributed by atoms with van der Waals surface area (Å²) < 4.78 is 13.5. The van der Waals surface area contributed by atoms with Crippen LogP contribution in [0.25, 0.3) is 0 Å². The molecule has 0 unspecified atom stereocenters. The van der Waals surface area contributed by atoms with Crippen molar-refractivity contribution < 1.29 is 4.39 Å². The van der Waals surface area contributed by atoms with E-state index in [4.69, 9.17) is 0 Å². The monoisotopic (exact) mass is 266 g/mol. The van der Waals surface area contributed by atoms with E-state index in [1.165, 1.54) is 0 Å². The van der Waals surface area contributed by atoms with E-state index in [0.717, 1.165) is 24.2 Å². The van der Waals surface area contributed by atoms with Crippen molar-refractivity contribution in [1.29, 1.82) is 0 Å². The second-order valence-corrected chi connectivity index (χ2v) is 5.60. The highest BCUT2D eigenvalue weighted by Crippen LogP contribution is 2.24. The SMILES string of the molecule is CCCN(c1ccc(F)cc1CNC(C)C)C(C)C. The van der Waals surface area contributed by atoms with Gasteiger partial charge in [-0.25, -0.2) is 4.39 Å². The van der Waals surface area contributed by atoms with Gasteiger partial charge in [0.1, 0.15) is 5.82 Å². The van der Waals surface area contributed by atoms with Crippen molar-refractivity contribution >= 4 is 5.69 Å². The van der Waals surface area contributed by atoms with Gasteiger partial charge in [0.15, 0.2) is 0 Å². The lowest BCUT2D eigenvalue weighted by Gasteiger charge is -2.31. The van der Waals surface area contributed by atoms with E-state index in [2.05, 4.69) is 44.8 Å². The van der Waals surface area contributed by atoms with Gasteiger partial charge >= 0.3 is 0 Å². The van der Waals surface area contributed by atoms with Gasteiger partial charge < -0.3 is 10.2 Å². The fourth-order valence-corrected chi connectivity index (χ4v) is 2.19. The van der Waals surface area contributed by atoms with Crippen LogP contribution in [-0.2, 0) is 6.54 Å². The normalized spacial score (nSPS) is 11.4. The van der Waals surface area contributed by atoms with Gasteiger partial charge in [-0.2, -0.15) is 0 Å². The highest BCUT2D eigenvalue weighted by molar-refractivity contribution is 5.54. The van der Waals surface area contributed by atoms with Crippen molar-refractivity contribution in [2.24, 2.45) is 0 Å². The summed E-state index contributed by atoms with van der Waals surface area (Å²) in [5.41, 5.74) is 2.18. The van der Waals surface area contributed by atoms with Crippen LogP contribution >= 0.6 is 0 Å². The first-order chi connectivity index (χ1) is 8.95. The summed E-state index contributed by atoms with van der Waals surface area (Å²) in [5, 5.41) is 3.37. The van der Waals surface area contributed by atoms with Crippen LogP contribution in [-0.4, -0.2) is 18.6 Å². The number of hydrogen-bond acceptors (Lipinski definition) is 2. The Morgan fingerprint density at radius 2 is 1.89 bits per heavy atom. The van der Waals surface area contributed by atoms with Crippen molar-refractivity contribution in [2.45, 2.75) is 59.7 Å². The molecule has 0 aliphatic heterocycles. The third-order valence-electron chi connectivity index (χ3n) is 3.14. The summed E-state index contributed by atoms with van der Waals surface area (Å²) in [6.45, 7) is 12.4. The number of nitrogens with zero attached hydrogens (tertiary/aromatic N) is 1. The van der Waals surface area contributed by atoms with Gasteiger partial charge in [-0.05, 0) is 44.0 Å². The lowest BCUT2D eigenvalue weighted by Crippen LogP contribution is -2.33. The van der Waals surface area contributed by atoms with Crippen LogP contribution in [0.1, 0.15) is 46.6 Å². The maximum atomic E-state index is 13.5. The van der Waals surface area contributed by atoms with Crippen molar-refractivity contribution in [3.05, 3.63) is 29.6 Å². The topological polar surface area (TPSA) is 15.3 Å². The van der Waals surface area contributed by atoms with Gasteiger partial charge in [0.2, 0.25) is 0 Å². The third-order valence-corrected chi connectivity index (χ3v) is 3.14. The summed E-state index contributed by atoms with van der Waals surface area (Å²) >= 11 is 0. The van der Waals surface area contributed by atoms with Crippen molar-refractivity contribution in [3.63, 3.8) is 0 Å². The molecule has 0 bridgehead atoms. The lowest BCUT2D eigenvalue weighted by atomic mass is 10.1. The molecular weight excluding hydrogens is 239 g/mol. The quantitative estimate of drug-likeness (QED) is 0.804. The first-order valence-electron chi connectivity index (χ1n) is 7.24. The Morgan fingerprint density at radius 1 is 1.21 bits per heavy atom. The van der Waals surface area contributed by atoms with E-state index >= 15 is 0 Å². The first kappa shape index (κ1) is 16.0. The minimum Gasteiger partial charge on any atom is -0.369 e. The molecule has 0 aliphatic carbocycles. The number of hydrogen-bond donors (Lipinski definition) is 1. The smallest absolute Gasteiger partial charge is 0.123 e. The van der Waals surface area contributed by atoms with Crippen LogP contribution in [0.4, 0.5) is 10.1 Å². The number of nitrogens with one attached hydrogen (secondary N) is 1.